The maximum atomic E-state index is 12.3. The SMILES string of the molecule is N#Cc1ccnc(SCC(=O)Nc2sc3c(c2C#N)CCCCC3)c1. The molecule has 0 unspecified atom stereocenters. The summed E-state index contributed by atoms with van der Waals surface area (Å²) in [6.45, 7) is 0. The number of nitrogens with one attached hydrogen (secondary N) is 1. The number of hydrogen-bond donors (Lipinski definition) is 1. The summed E-state index contributed by atoms with van der Waals surface area (Å²) in [7, 11) is 0. The largest absolute Gasteiger partial charge is 0.316 e. The van der Waals surface area contributed by atoms with E-state index in [1.54, 1.807) is 18.3 Å². The zero-order valence-corrected chi connectivity index (χ0v) is 15.2. The Hall–Kier alpha value is -2.35. The molecule has 0 saturated heterocycles. The molecule has 25 heavy (non-hydrogen) atoms. The molecule has 2 aromatic rings. The highest BCUT2D eigenvalue weighted by Crippen LogP contribution is 2.37. The molecule has 1 N–H and O–H groups in total. The van der Waals surface area contributed by atoms with Gasteiger partial charge in [-0.3, -0.25) is 4.79 Å². The maximum absolute atomic E-state index is 12.3. The van der Waals surface area contributed by atoms with Gasteiger partial charge >= 0.3 is 0 Å². The molecule has 2 heterocycles. The predicted molar refractivity (Wildman–Crippen MR) is 98.6 cm³/mol. The molecule has 126 valence electrons. The van der Waals surface area contributed by atoms with Crippen molar-refractivity contribution in [3.63, 3.8) is 0 Å². The predicted octanol–water partition coefficient (Wildman–Crippen LogP) is 3.89. The summed E-state index contributed by atoms with van der Waals surface area (Å²) in [4.78, 5) is 17.6. The molecule has 1 aliphatic carbocycles. The Labute approximate surface area is 154 Å². The average molecular weight is 368 g/mol. The second-order valence-electron chi connectivity index (χ2n) is 5.71. The van der Waals surface area contributed by atoms with Gasteiger partial charge in [0.05, 0.1) is 28.0 Å². The Bertz CT molecular complexity index is 876. The number of fused-ring (bicyclic) bond motifs is 1. The van der Waals surface area contributed by atoms with Gasteiger partial charge in [-0.25, -0.2) is 4.98 Å². The first-order chi connectivity index (χ1) is 12.2. The summed E-state index contributed by atoms with van der Waals surface area (Å²) < 4.78 is 0. The van der Waals surface area contributed by atoms with E-state index in [9.17, 15) is 10.1 Å². The lowest BCUT2D eigenvalue weighted by molar-refractivity contribution is -0.113. The number of aryl methyl sites for hydroxylation is 1. The smallest absolute Gasteiger partial charge is 0.235 e. The van der Waals surface area contributed by atoms with Crippen molar-refractivity contribution in [3.05, 3.63) is 39.9 Å². The van der Waals surface area contributed by atoms with E-state index in [4.69, 9.17) is 5.26 Å². The molecule has 0 atom stereocenters. The topological polar surface area (TPSA) is 89.6 Å². The van der Waals surface area contributed by atoms with Crippen molar-refractivity contribution in [1.82, 2.24) is 4.98 Å². The Balaban J connectivity index is 1.67. The van der Waals surface area contributed by atoms with Gasteiger partial charge in [-0.1, -0.05) is 18.2 Å². The molecule has 3 rings (SSSR count). The first-order valence-electron chi connectivity index (χ1n) is 8.04. The van der Waals surface area contributed by atoms with E-state index in [0.29, 0.717) is 21.2 Å². The van der Waals surface area contributed by atoms with E-state index in [0.717, 1.165) is 31.2 Å². The molecule has 1 amide bonds. The van der Waals surface area contributed by atoms with Gasteiger partial charge in [0.1, 0.15) is 11.1 Å². The number of rotatable bonds is 4. The highest BCUT2D eigenvalue weighted by Gasteiger charge is 2.21. The number of amides is 1. The van der Waals surface area contributed by atoms with Crippen molar-refractivity contribution in [3.8, 4) is 12.1 Å². The van der Waals surface area contributed by atoms with E-state index < -0.39 is 0 Å². The van der Waals surface area contributed by atoms with Crippen molar-refractivity contribution < 1.29 is 4.79 Å². The molecule has 7 heteroatoms. The van der Waals surface area contributed by atoms with Gasteiger partial charge in [0.15, 0.2) is 0 Å². The molecule has 2 aromatic heterocycles. The van der Waals surface area contributed by atoms with Crippen LogP contribution in [0.5, 0.6) is 0 Å². The third-order valence-corrected chi connectivity index (χ3v) is 6.13. The molecule has 0 radical (unpaired) electrons. The summed E-state index contributed by atoms with van der Waals surface area (Å²) in [5, 5.41) is 22.6. The average Bonchev–Trinajstić information content (AvgIpc) is 2.79. The number of hydrogen-bond acceptors (Lipinski definition) is 6. The Morgan fingerprint density at radius 2 is 2.12 bits per heavy atom. The molecular weight excluding hydrogens is 352 g/mol. The Morgan fingerprint density at radius 1 is 1.28 bits per heavy atom. The standard InChI is InChI=1S/C18H16N4OS2/c19-9-12-6-7-21-17(8-12)24-11-16(23)22-18-14(10-20)13-4-2-1-3-5-15(13)25-18/h6-8H,1-5,11H2,(H,22,23). The lowest BCUT2D eigenvalue weighted by Crippen LogP contribution is -2.14. The van der Waals surface area contributed by atoms with Crippen LogP contribution in [0, 0.1) is 22.7 Å². The van der Waals surface area contributed by atoms with Crippen LogP contribution in [-0.2, 0) is 17.6 Å². The third kappa shape index (κ3) is 4.19. The second-order valence-corrected chi connectivity index (χ2v) is 7.81. The van der Waals surface area contributed by atoms with Gasteiger partial charge in [-0.15, -0.1) is 11.3 Å². The van der Waals surface area contributed by atoms with Crippen molar-refractivity contribution in [2.45, 2.75) is 37.1 Å². The Morgan fingerprint density at radius 3 is 2.92 bits per heavy atom. The van der Waals surface area contributed by atoms with Crippen LogP contribution in [0.15, 0.2) is 23.4 Å². The van der Waals surface area contributed by atoms with Crippen LogP contribution in [0.1, 0.15) is 40.8 Å². The fourth-order valence-corrected chi connectivity index (χ4v) is 4.76. The maximum Gasteiger partial charge on any atom is 0.235 e. The quantitative estimate of drug-likeness (QED) is 0.653. The molecule has 5 nitrogen and oxygen atoms in total. The Kier molecular flexibility index (Phi) is 5.70. The molecule has 0 aliphatic heterocycles. The van der Waals surface area contributed by atoms with Crippen LogP contribution in [-0.4, -0.2) is 16.6 Å². The lowest BCUT2D eigenvalue weighted by Gasteiger charge is -2.04. The van der Waals surface area contributed by atoms with Gasteiger partial charge in [0.25, 0.3) is 0 Å². The number of aromatic nitrogens is 1. The van der Waals surface area contributed by atoms with E-state index in [2.05, 4.69) is 22.4 Å². The van der Waals surface area contributed by atoms with Crippen LogP contribution in [0.3, 0.4) is 0 Å². The van der Waals surface area contributed by atoms with E-state index in [1.807, 2.05) is 0 Å². The number of carbonyl (C=O) groups is 1. The lowest BCUT2D eigenvalue weighted by atomic mass is 10.1. The highest BCUT2D eigenvalue weighted by atomic mass is 32.2. The van der Waals surface area contributed by atoms with Gasteiger partial charge in [0.2, 0.25) is 5.91 Å². The van der Waals surface area contributed by atoms with Crippen molar-refractivity contribution in [2.24, 2.45) is 0 Å². The molecule has 0 saturated carbocycles. The van der Waals surface area contributed by atoms with Gasteiger partial charge in [-0.2, -0.15) is 10.5 Å². The molecule has 0 spiro atoms. The van der Waals surface area contributed by atoms with Crippen LogP contribution < -0.4 is 5.32 Å². The van der Waals surface area contributed by atoms with Crippen molar-refractivity contribution >= 4 is 34.0 Å². The van der Waals surface area contributed by atoms with Crippen LogP contribution in [0.2, 0.25) is 0 Å². The molecular formula is C18H16N4OS2. The molecule has 0 fully saturated rings. The van der Waals surface area contributed by atoms with Crippen LogP contribution >= 0.6 is 23.1 Å². The van der Waals surface area contributed by atoms with E-state index in [1.165, 1.54) is 34.4 Å². The monoisotopic (exact) mass is 368 g/mol. The zero-order valence-electron chi connectivity index (χ0n) is 13.5. The van der Waals surface area contributed by atoms with Gasteiger partial charge in [-0.05, 0) is 43.4 Å². The van der Waals surface area contributed by atoms with Crippen LogP contribution in [0.25, 0.3) is 0 Å². The number of thioether (sulfide) groups is 1. The summed E-state index contributed by atoms with van der Waals surface area (Å²) in [5.41, 5.74) is 2.27. The molecule has 1 aliphatic rings. The normalized spacial score (nSPS) is 13.2. The molecule has 0 bridgehead atoms. The minimum absolute atomic E-state index is 0.165. The summed E-state index contributed by atoms with van der Waals surface area (Å²) in [6.07, 6.45) is 6.90. The minimum atomic E-state index is -0.165. The number of pyridine rings is 1. The third-order valence-electron chi connectivity index (χ3n) is 4.00. The van der Waals surface area contributed by atoms with E-state index >= 15 is 0 Å². The molecule has 0 aromatic carbocycles. The first kappa shape index (κ1) is 17.5. The van der Waals surface area contributed by atoms with E-state index in [-0.39, 0.29) is 11.7 Å². The zero-order chi connectivity index (χ0) is 17.6. The number of carbonyl (C=O) groups excluding carboxylic acids is 1. The highest BCUT2D eigenvalue weighted by molar-refractivity contribution is 7.99. The fourth-order valence-electron chi connectivity index (χ4n) is 2.81. The van der Waals surface area contributed by atoms with Gasteiger partial charge in [0, 0.05) is 11.1 Å². The van der Waals surface area contributed by atoms with Gasteiger partial charge < -0.3 is 5.32 Å². The summed E-state index contributed by atoms with van der Waals surface area (Å²) >= 11 is 2.81. The minimum Gasteiger partial charge on any atom is -0.316 e. The number of thiophene rings is 1. The fraction of sp³-hybridized carbons (Fsp3) is 0.333. The number of nitriles is 2. The summed E-state index contributed by atoms with van der Waals surface area (Å²) in [5.74, 6) is 0.0250. The second kappa shape index (κ2) is 8.15. The first-order valence-corrected chi connectivity index (χ1v) is 9.85. The van der Waals surface area contributed by atoms with Crippen molar-refractivity contribution in [1.29, 1.82) is 10.5 Å². The van der Waals surface area contributed by atoms with Crippen molar-refractivity contribution in [2.75, 3.05) is 11.1 Å². The van der Waals surface area contributed by atoms with Crippen LogP contribution in [0.4, 0.5) is 5.00 Å². The number of anilines is 1. The number of nitrogens with zero attached hydrogens (tertiary/aromatic N) is 3. The summed E-state index contributed by atoms with van der Waals surface area (Å²) in [6, 6.07) is 7.61.